The molecule has 0 radical (unpaired) electrons. The highest BCUT2D eigenvalue weighted by Gasteiger charge is 2.43. The lowest BCUT2D eigenvalue weighted by molar-refractivity contribution is -0.117. The van der Waals surface area contributed by atoms with E-state index in [-0.39, 0.29) is 12.3 Å². The van der Waals surface area contributed by atoms with Crippen molar-refractivity contribution in [2.24, 2.45) is 5.92 Å². The molecule has 0 spiro atoms. The van der Waals surface area contributed by atoms with Crippen molar-refractivity contribution in [2.75, 3.05) is 22.9 Å². The predicted molar refractivity (Wildman–Crippen MR) is 103 cm³/mol. The third kappa shape index (κ3) is 2.75. The Balaban J connectivity index is 1.55. The molecule has 4 N–H and O–H groups in total. The minimum absolute atomic E-state index is 0.285. The van der Waals surface area contributed by atoms with Crippen molar-refractivity contribution in [3.8, 4) is 11.3 Å². The average Bonchev–Trinajstić information content (AvgIpc) is 3.20. The number of alkyl halides is 1. The van der Waals surface area contributed by atoms with E-state index in [1.807, 2.05) is 18.2 Å². The molecule has 2 atom stereocenters. The average molecular weight is 363 g/mol. The maximum Gasteiger partial charge on any atom is 0.231 e. The maximum absolute atomic E-state index is 13.1. The van der Waals surface area contributed by atoms with E-state index >= 15 is 0 Å². The SMILES string of the molecule is Nc1nc(-c2cccc3c2CCN3)cc2cc(NC(=O)[C@H]3C[C@H]3F)ncc12. The van der Waals surface area contributed by atoms with E-state index in [9.17, 15) is 9.18 Å². The Hall–Kier alpha value is -3.22. The van der Waals surface area contributed by atoms with Gasteiger partial charge in [0, 0.05) is 29.4 Å². The van der Waals surface area contributed by atoms with Crippen LogP contribution in [0.15, 0.2) is 36.5 Å². The number of carbonyl (C=O) groups is 1. The topological polar surface area (TPSA) is 92.9 Å². The fourth-order valence-electron chi connectivity index (χ4n) is 3.62. The number of hydrogen-bond donors (Lipinski definition) is 3. The number of carbonyl (C=O) groups excluding carboxylic acids is 1. The van der Waals surface area contributed by atoms with E-state index in [4.69, 9.17) is 5.73 Å². The normalized spacial score (nSPS) is 20.2. The lowest BCUT2D eigenvalue weighted by Gasteiger charge is -2.11. The molecular formula is C20H18FN5O. The quantitative estimate of drug-likeness (QED) is 0.665. The monoisotopic (exact) mass is 363 g/mol. The van der Waals surface area contributed by atoms with Crippen LogP contribution in [-0.2, 0) is 11.2 Å². The third-order valence-electron chi connectivity index (χ3n) is 5.19. The van der Waals surface area contributed by atoms with E-state index in [1.165, 1.54) is 5.56 Å². The van der Waals surface area contributed by atoms with Crippen molar-refractivity contribution < 1.29 is 9.18 Å². The fourth-order valence-corrected chi connectivity index (χ4v) is 3.62. The number of nitrogens with two attached hydrogens (primary N) is 1. The smallest absolute Gasteiger partial charge is 0.231 e. The first-order valence-corrected chi connectivity index (χ1v) is 8.97. The summed E-state index contributed by atoms with van der Waals surface area (Å²) < 4.78 is 13.1. The number of pyridine rings is 2. The summed E-state index contributed by atoms with van der Waals surface area (Å²) in [5.74, 6) is -0.103. The summed E-state index contributed by atoms with van der Waals surface area (Å²) in [5.41, 5.74) is 10.4. The van der Waals surface area contributed by atoms with E-state index in [2.05, 4.69) is 26.7 Å². The van der Waals surface area contributed by atoms with Crippen LogP contribution in [0.1, 0.15) is 12.0 Å². The summed E-state index contributed by atoms with van der Waals surface area (Å²) >= 11 is 0. The van der Waals surface area contributed by atoms with Crippen LogP contribution in [0.2, 0.25) is 0 Å². The molecule has 7 heteroatoms. The zero-order valence-corrected chi connectivity index (χ0v) is 14.5. The van der Waals surface area contributed by atoms with Crippen molar-refractivity contribution in [2.45, 2.75) is 19.0 Å². The van der Waals surface area contributed by atoms with E-state index < -0.39 is 12.1 Å². The molecule has 0 saturated heterocycles. The second-order valence-electron chi connectivity index (χ2n) is 7.04. The van der Waals surface area contributed by atoms with Crippen molar-refractivity contribution >= 4 is 34.0 Å². The fraction of sp³-hybridized carbons (Fsp3) is 0.250. The summed E-state index contributed by atoms with van der Waals surface area (Å²) in [5, 5.41) is 7.60. The maximum atomic E-state index is 13.1. The van der Waals surface area contributed by atoms with E-state index in [0.29, 0.717) is 11.6 Å². The first-order valence-electron chi connectivity index (χ1n) is 8.97. The highest BCUT2D eigenvalue weighted by molar-refractivity contribution is 5.98. The van der Waals surface area contributed by atoms with Crippen LogP contribution in [0.25, 0.3) is 22.0 Å². The van der Waals surface area contributed by atoms with Gasteiger partial charge >= 0.3 is 0 Å². The summed E-state index contributed by atoms with van der Waals surface area (Å²) in [6, 6.07) is 9.80. The number of anilines is 3. The number of halogens is 1. The Labute approximate surface area is 155 Å². The molecule has 1 saturated carbocycles. The van der Waals surface area contributed by atoms with Crippen molar-refractivity contribution in [3.05, 3.63) is 42.1 Å². The van der Waals surface area contributed by atoms with Crippen LogP contribution in [0, 0.1) is 5.92 Å². The third-order valence-corrected chi connectivity index (χ3v) is 5.19. The molecule has 1 fully saturated rings. The standard InChI is InChI=1S/C20H18FN5O/c21-15-8-13(15)20(27)26-18-7-10-6-17(25-19(22)14(10)9-24-18)11-2-1-3-16-12(11)4-5-23-16/h1-3,6-7,9,13,15,23H,4-5,8H2,(H2,22,25)(H,24,26,27)/t13-,15+/m0/s1. The zero-order valence-electron chi connectivity index (χ0n) is 14.5. The van der Waals surface area contributed by atoms with E-state index in [1.54, 1.807) is 12.3 Å². The second kappa shape index (κ2) is 5.90. The number of nitrogen functional groups attached to an aromatic ring is 1. The zero-order chi connectivity index (χ0) is 18.5. The summed E-state index contributed by atoms with van der Waals surface area (Å²) in [7, 11) is 0. The number of benzene rings is 1. The van der Waals surface area contributed by atoms with Gasteiger partial charge in [-0.2, -0.15) is 0 Å². The van der Waals surface area contributed by atoms with Gasteiger partial charge < -0.3 is 16.4 Å². The van der Waals surface area contributed by atoms with Gasteiger partial charge in [0.15, 0.2) is 0 Å². The van der Waals surface area contributed by atoms with Crippen LogP contribution < -0.4 is 16.4 Å². The first kappa shape index (κ1) is 16.0. The minimum Gasteiger partial charge on any atom is -0.384 e. The van der Waals surface area contributed by atoms with Crippen molar-refractivity contribution in [1.82, 2.24) is 9.97 Å². The van der Waals surface area contributed by atoms with Crippen molar-refractivity contribution in [3.63, 3.8) is 0 Å². The number of aromatic nitrogens is 2. The second-order valence-corrected chi connectivity index (χ2v) is 7.04. The molecule has 2 aromatic heterocycles. The van der Waals surface area contributed by atoms with Gasteiger partial charge in [0.1, 0.15) is 17.8 Å². The van der Waals surface area contributed by atoms with Crippen molar-refractivity contribution in [1.29, 1.82) is 0 Å². The summed E-state index contributed by atoms with van der Waals surface area (Å²) in [4.78, 5) is 20.7. The van der Waals surface area contributed by atoms with Crippen LogP contribution in [0.4, 0.5) is 21.7 Å². The molecule has 136 valence electrons. The molecule has 3 aromatic rings. The van der Waals surface area contributed by atoms with Crippen LogP contribution in [-0.4, -0.2) is 28.6 Å². The van der Waals surface area contributed by atoms with Gasteiger partial charge in [0.25, 0.3) is 0 Å². The Bertz CT molecular complexity index is 1080. The highest BCUT2D eigenvalue weighted by Crippen LogP contribution is 2.36. The number of nitrogens with one attached hydrogen (secondary N) is 2. The molecule has 1 aromatic carbocycles. The van der Waals surface area contributed by atoms with Gasteiger partial charge in [0.2, 0.25) is 5.91 Å². The molecule has 27 heavy (non-hydrogen) atoms. The molecule has 0 unspecified atom stereocenters. The van der Waals surface area contributed by atoms with Crippen LogP contribution >= 0.6 is 0 Å². The van der Waals surface area contributed by atoms with Gasteiger partial charge in [-0.05, 0) is 42.0 Å². The molecule has 2 aliphatic rings. The Morgan fingerprint density at radius 1 is 1.33 bits per heavy atom. The highest BCUT2D eigenvalue weighted by atomic mass is 19.1. The lowest BCUT2D eigenvalue weighted by atomic mass is 10.0. The van der Waals surface area contributed by atoms with E-state index in [0.717, 1.165) is 40.7 Å². The van der Waals surface area contributed by atoms with Gasteiger partial charge in [-0.25, -0.2) is 14.4 Å². The molecule has 3 heterocycles. The van der Waals surface area contributed by atoms with Gasteiger partial charge in [-0.3, -0.25) is 4.79 Å². The Kier molecular flexibility index (Phi) is 3.50. The summed E-state index contributed by atoms with van der Waals surface area (Å²) in [6.45, 7) is 0.909. The van der Waals surface area contributed by atoms with Gasteiger partial charge in [-0.15, -0.1) is 0 Å². The number of amides is 1. The van der Waals surface area contributed by atoms with Crippen LogP contribution in [0.3, 0.4) is 0 Å². The Morgan fingerprint density at radius 2 is 2.19 bits per heavy atom. The number of hydrogen-bond acceptors (Lipinski definition) is 5. The molecule has 0 bridgehead atoms. The van der Waals surface area contributed by atoms with Crippen LogP contribution in [0.5, 0.6) is 0 Å². The molecular weight excluding hydrogens is 345 g/mol. The molecule has 6 nitrogen and oxygen atoms in total. The number of nitrogens with zero attached hydrogens (tertiary/aromatic N) is 2. The number of fused-ring (bicyclic) bond motifs is 2. The lowest BCUT2D eigenvalue weighted by Crippen LogP contribution is -2.15. The predicted octanol–water partition coefficient (Wildman–Crippen LogP) is 3.14. The van der Waals surface area contributed by atoms with Gasteiger partial charge in [0.05, 0.1) is 11.6 Å². The molecule has 5 rings (SSSR count). The largest absolute Gasteiger partial charge is 0.384 e. The first-order chi connectivity index (χ1) is 13.1. The minimum atomic E-state index is -1.04. The molecule has 1 aliphatic heterocycles. The summed E-state index contributed by atoms with van der Waals surface area (Å²) in [6.07, 6.45) is 1.78. The molecule has 1 amide bonds. The molecule has 1 aliphatic carbocycles. The number of rotatable bonds is 3. The Morgan fingerprint density at radius 3 is 3.00 bits per heavy atom. The van der Waals surface area contributed by atoms with Gasteiger partial charge in [-0.1, -0.05) is 12.1 Å².